The lowest BCUT2D eigenvalue weighted by atomic mass is 10.1. The zero-order valence-electron chi connectivity index (χ0n) is 10.0. The molecule has 2 N–H and O–H groups in total. The van der Waals surface area contributed by atoms with Crippen molar-refractivity contribution < 1.29 is 0 Å². The third-order valence-corrected chi connectivity index (χ3v) is 2.73. The number of aromatic nitrogens is 4. The second kappa shape index (κ2) is 5.54. The Bertz CT molecular complexity index is 460. The summed E-state index contributed by atoms with van der Waals surface area (Å²) < 4.78 is 1.77. The van der Waals surface area contributed by atoms with Crippen molar-refractivity contribution in [2.24, 2.45) is 5.73 Å². The van der Waals surface area contributed by atoms with Crippen molar-refractivity contribution in [2.45, 2.75) is 26.2 Å². The molecule has 1 aromatic carbocycles. The van der Waals surface area contributed by atoms with Gasteiger partial charge in [-0.2, -0.15) is 4.68 Å². The van der Waals surface area contributed by atoms with Crippen molar-refractivity contribution >= 4 is 0 Å². The molecule has 2 aromatic rings. The minimum absolute atomic E-state index is 0.654. The lowest BCUT2D eigenvalue weighted by Crippen LogP contribution is -2.07. The predicted octanol–water partition coefficient (Wildman–Crippen LogP) is 1.12. The first-order valence-corrected chi connectivity index (χ1v) is 5.91. The van der Waals surface area contributed by atoms with E-state index in [4.69, 9.17) is 5.73 Å². The van der Waals surface area contributed by atoms with Gasteiger partial charge in [-0.25, -0.2) is 0 Å². The Morgan fingerprint density at radius 2 is 2.00 bits per heavy atom. The van der Waals surface area contributed by atoms with Crippen LogP contribution in [0.5, 0.6) is 0 Å². The molecule has 5 heteroatoms. The molecule has 90 valence electrons. The first-order chi connectivity index (χ1) is 8.35. The molecule has 2 rings (SSSR count). The van der Waals surface area contributed by atoms with E-state index in [0.717, 1.165) is 30.8 Å². The summed E-state index contributed by atoms with van der Waals surface area (Å²) in [7, 11) is 0. The van der Waals surface area contributed by atoms with Gasteiger partial charge >= 0.3 is 0 Å². The number of tetrazole rings is 1. The molecule has 5 nitrogen and oxygen atoms in total. The van der Waals surface area contributed by atoms with Crippen LogP contribution in [-0.4, -0.2) is 26.8 Å². The van der Waals surface area contributed by atoms with E-state index in [-0.39, 0.29) is 0 Å². The van der Waals surface area contributed by atoms with Crippen LogP contribution in [-0.2, 0) is 12.8 Å². The molecule has 0 unspecified atom stereocenters. The molecule has 0 aliphatic heterocycles. The number of aryl methyl sites for hydroxylation is 2. The van der Waals surface area contributed by atoms with Crippen molar-refractivity contribution in [3.63, 3.8) is 0 Å². The van der Waals surface area contributed by atoms with Crippen LogP contribution in [0.3, 0.4) is 0 Å². The fraction of sp³-hybridized carbons (Fsp3) is 0.417. The quantitative estimate of drug-likeness (QED) is 0.837. The summed E-state index contributed by atoms with van der Waals surface area (Å²) in [5.41, 5.74) is 7.80. The van der Waals surface area contributed by atoms with Gasteiger partial charge in [-0.05, 0) is 47.5 Å². The monoisotopic (exact) mass is 231 g/mol. The van der Waals surface area contributed by atoms with Crippen LogP contribution in [0, 0.1) is 0 Å². The highest BCUT2D eigenvalue weighted by atomic mass is 15.5. The average Bonchev–Trinajstić information content (AvgIpc) is 2.84. The van der Waals surface area contributed by atoms with Crippen LogP contribution in [0.15, 0.2) is 24.3 Å². The van der Waals surface area contributed by atoms with E-state index in [0.29, 0.717) is 6.54 Å². The average molecular weight is 231 g/mol. The number of nitrogens with zero attached hydrogens (tertiary/aromatic N) is 4. The highest BCUT2D eigenvalue weighted by Gasteiger charge is 2.07. The molecule has 0 bridgehead atoms. The van der Waals surface area contributed by atoms with Crippen molar-refractivity contribution in [1.29, 1.82) is 0 Å². The Kier molecular flexibility index (Phi) is 3.82. The predicted molar refractivity (Wildman–Crippen MR) is 65.9 cm³/mol. The maximum Gasteiger partial charge on any atom is 0.156 e. The summed E-state index contributed by atoms with van der Waals surface area (Å²) in [5, 5.41) is 11.7. The van der Waals surface area contributed by atoms with Gasteiger partial charge in [0.2, 0.25) is 0 Å². The van der Waals surface area contributed by atoms with Gasteiger partial charge in [0.05, 0.1) is 5.69 Å². The fourth-order valence-electron chi connectivity index (χ4n) is 1.70. The summed E-state index contributed by atoms with van der Waals surface area (Å²) in [6, 6.07) is 8.29. The molecule has 0 aliphatic rings. The number of hydrogen-bond donors (Lipinski definition) is 1. The van der Waals surface area contributed by atoms with E-state index in [1.165, 1.54) is 5.56 Å². The molecule has 0 aliphatic carbocycles. The fourth-order valence-corrected chi connectivity index (χ4v) is 1.70. The third kappa shape index (κ3) is 2.68. The van der Waals surface area contributed by atoms with Gasteiger partial charge in [-0.1, -0.05) is 19.1 Å². The SMILES string of the molecule is CCc1ccc(-n2nnnc2CCCN)cc1. The molecule has 0 radical (unpaired) electrons. The van der Waals surface area contributed by atoms with Crippen molar-refractivity contribution in [2.75, 3.05) is 6.54 Å². The molecular formula is C12H17N5. The summed E-state index contributed by atoms with van der Waals surface area (Å²) in [6.45, 7) is 2.79. The van der Waals surface area contributed by atoms with Crippen LogP contribution in [0.2, 0.25) is 0 Å². The van der Waals surface area contributed by atoms with Gasteiger partial charge < -0.3 is 5.73 Å². The number of rotatable bonds is 5. The van der Waals surface area contributed by atoms with Crippen LogP contribution < -0.4 is 5.73 Å². The summed E-state index contributed by atoms with van der Waals surface area (Å²) in [5.74, 6) is 0.861. The summed E-state index contributed by atoms with van der Waals surface area (Å²) >= 11 is 0. The van der Waals surface area contributed by atoms with Crippen LogP contribution in [0.4, 0.5) is 0 Å². The molecule has 0 spiro atoms. The Morgan fingerprint density at radius 1 is 1.24 bits per heavy atom. The van der Waals surface area contributed by atoms with E-state index in [1.54, 1.807) is 4.68 Å². The zero-order chi connectivity index (χ0) is 12.1. The molecule has 17 heavy (non-hydrogen) atoms. The Labute approximate surface area is 101 Å². The van der Waals surface area contributed by atoms with E-state index in [1.807, 2.05) is 12.1 Å². The zero-order valence-corrected chi connectivity index (χ0v) is 10.0. The van der Waals surface area contributed by atoms with Crippen molar-refractivity contribution in [3.8, 4) is 5.69 Å². The van der Waals surface area contributed by atoms with Crippen molar-refractivity contribution in [1.82, 2.24) is 20.2 Å². The maximum absolute atomic E-state index is 5.49. The molecule has 0 saturated heterocycles. The maximum atomic E-state index is 5.49. The van der Waals surface area contributed by atoms with E-state index < -0.39 is 0 Å². The summed E-state index contributed by atoms with van der Waals surface area (Å²) in [6.07, 6.45) is 2.74. The van der Waals surface area contributed by atoms with Gasteiger partial charge in [-0.3, -0.25) is 0 Å². The third-order valence-electron chi connectivity index (χ3n) is 2.73. The van der Waals surface area contributed by atoms with Gasteiger partial charge in [0, 0.05) is 6.42 Å². The minimum atomic E-state index is 0.654. The van der Waals surface area contributed by atoms with Crippen LogP contribution in [0.25, 0.3) is 5.69 Å². The molecular weight excluding hydrogens is 214 g/mol. The Morgan fingerprint density at radius 3 is 2.65 bits per heavy atom. The van der Waals surface area contributed by atoms with Gasteiger partial charge in [-0.15, -0.1) is 5.10 Å². The van der Waals surface area contributed by atoms with Gasteiger partial charge in [0.15, 0.2) is 5.82 Å². The first kappa shape index (κ1) is 11.7. The molecule has 0 amide bonds. The highest BCUT2D eigenvalue weighted by Crippen LogP contribution is 2.11. The van der Waals surface area contributed by atoms with E-state index in [2.05, 4.69) is 34.6 Å². The molecule has 0 fully saturated rings. The Hall–Kier alpha value is -1.75. The topological polar surface area (TPSA) is 69.6 Å². The van der Waals surface area contributed by atoms with Crippen LogP contribution >= 0.6 is 0 Å². The van der Waals surface area contributed by atoms with E-state index >= 15 is 0 Å². The largest absolute Gasteiger partial charge is 0.330 e. The van der Waals surface area contributed by atoms with Gasteiger partial charge in [0.1, 0.15) is 0 Å². The number of hydrogen-bond acceptors (Lipinski definition) is 4. The second-order valence-corrected chi connectivity index (χ2v) is 3.92. The second-order valence-electron chi connectivity index (χ2n) is 3.92. The first-order valence-electron chi connectivity index (χ1n) is 5.91. The molecule has 0 saturated carbocycles. The van der Waals surface area contributed by atoms with Crippen molar-refractivity contribution in [3.05, 3.63) is 35.7 Å². The lowest BCUT2D eigenvalue weighted by molar-refractivity contribution is 0.726. The summed E-state index contributed by atoms with van der Waals surface area (Å²) in [4.78, 5) is 0. The number of nitrogens with two attached hydrogens (primary N) is 1. The van der Waals surface area contributed by atoms with Crippen LogP contribution in [0.1, 0.15) is 24.7 Å². The Balaban J connectivity index is 2.23. The molecule has 0 atom stereocenters. The highest BCUT2D eigenvalue weighted by molar-refractivity contribution is 5.34. The van der Waals surface area contributed by atoms with E-state index in [9.17, 15) is 0 Å². The lowest BCUT2D eigenvalue weighted by Gasteiger charge is -2.04. The molecule has 1 heterocycles. The minimum Gasteiger partial charge on any atom is -0.330 e. The molecule has 1 aromatic heterocycles. The normalized spacial score (nSPS) is 10.7. The van der Waals surface area contributed by atoms with Gasteiger partial charge in [0.25, 0.3) is 0 Å². The standard InChI is InChI=1S/C12H17N5/c1-2-10-5-7-11(8-6-10)17-12(4-3-9-13)14-15-16-17/h5-8H,2-4,9,13H2,1H3. The number of benzene rings is 1. The smallest absolute Gasteiger partial charge is 0.156 e.